The van der Waals surface area contributed by atoms with Gasteiger partial charge in [-0.05, 0) is 244 Å². The van der Waals surface area contributed by atoms with Crippen molar-refractivity contribution in [3.63, 3.8) is 0 Å². The van der Waals surface area contributed by atoms with Crippen molar-refractivity contribution in [2.24, 2.45) is 106 Å². The maximum Gasteiger partial charge on any atom is 0.410 e. The van der Waals surface area contributed by atoms with E-state index in [9.17, 15) is 24.0 Å². The molecule has 0 aromatic rings. The lowest BCUT2D eigenvalue weighted by molar-refractivity contribution is -0.122. The molecule has 0 unspecified atom stereocenters. The minimum atomic E-state index is -0.391. The van der Waals surface area contributed by atoms with E-state index in [2.05, 4.69) is 141 Å². The minimum absolute atomic E-state index is 0.115. The summed E-state index contributed by atoms with van der Waals surface area (Å²) in [5.41, 5.74) is 0.486. The van der Waals surface area contributed by atoms with Gasteiger partial charge in [-0.1, -0.05) is 402 Å². The normalized spacial score (nSPS) is 27.0. The molecule has 744 valence electrons. The predicted octanol–water partition coefficient (Wildman–Crippen LogP) is 35.8. The van der Waals surface area contributed by atoms with Crippen molar-refractivity contribution in [1.29, 1.82) is 0 Å². The number of Topliss-reactive ketones (excluding diaryl/α,β-unsaturated/α-hetero) is 2. The molecule has 3 N–H and O–H groups in total. The lowest BCUT2D eigenvalue weighted by Gasteiger charge is -2.39. The molecule has 0 bridgehead atoms. The Morgan fingerprint density at radius 1 is 0.301 bits per heavy atom. The zero-order chi connectivity index (χ0) is 96.7. The lowest BCUT2D eigenvalue weighted by Crippen LogP contribution is -2.43. The number of carbonyl (C=O) groups is 5. The first-order chi connectivity index (χ1) is 58.3. The number of ketones is 2. The third kappa shape index (κ3) is 81.3. The SMILES string of the molecule is CC.CC.CC.CC.CC.CC.CC.CC.CC(=O)C1CCC(C)CC1.CC(=O)C1CCC(C)CC1.CC(=O)NC1CCC(C)CC1.CC(=O)NC1CCC(C)CC1.CC(C)(C)C1CCNCC1.CC(C)(C)OC(=O)N1CCC(C(C)(C)C)CC1.CCC1CCC(C)CC1.CCC1CCC(C)CC1.CCCC1CCC(C)CC1.CCCC1CCC(C)CC1. The third-order valence-corrected chi connectivity index (χ3v) is 27.1. The highest BCUT2D eigenvalue weighted by Crippen LogP contribution is 2.38. The molecule has 0 atom stereocenters. The second kappa shape index (κ2) is 88.8. The van der Waals surface area contributed by atoms with Crippen molar-refractivity contribution < 1.29 is 28.7 Å². The second-order valence-corrected chi connectivity index (χ2v) is 40.8. The second-order valence-electron chi connectivity index (χ2n) is 40.8. The van der Waals surface area contributed by atoms with Crippen LogP contribution in [0.25, 0.3) is 0 Å². The van der Waals surface area contributed by atoms with E-state index in [1.807, 2.05) is 136 Å². The van der Waals surface area contributed by atoms with Crippen molar-refractivity contribution in [2.75, 3.05) is 26.2 Å². The minimum Gasteiger partial charge on any atom is -0.444 e. The van der Waals surface area contributed by atoms with Gasteiger partial charge in [0, 0.05) is 50.9 Å². The van der Waals surface area contributed by atoms with E-state index in [0.717, 1.165) is 129 Å². The van der Waals surface area contributed by atoms with Crippen LogP contribution in [-0.2, 0) is 23.9 Å². The van der Waals surface area contributed by atoms with Crippen LogP contribution in [0.2, 0.25) is 0 Å². The number of ether oxygens (including phenoxy) is 1. The molecule has 10 fully saturated rings. The van der Waals surface area contributed by atoms with Crippen LogP contribution in [-0.4, -0.2) is 78.2 Å². The van der Waals surface area contributed by atoms with Crippen molar-refractivity contribution in [2.45, 2.75) is 571 Å². The van der Waals surface area contributed by atoms with E-state index < -0.39 is 5.60 Å². The Hall–Kier alpha value is -2.49. The highest BCUT2D eigenvalue weighted by atomic mass is 16.6. The van der Waals surface area contributed by atoms with E-state index in [1.54, 1.807) is 27.7 Å². The molecule has 0 spiro atoms. The smallest absolute Gasteiger partial charge is 0.410 e. The van der Waals surface area contributed by atoms with Gasteiger partial charge in [-0.25, -0.2) is 4.79 Å². The average Bonchev–Trinajstić information content (AvgIpc) is 0.839. The zero-order valence-electron chi connectivity index (χ0n) is 92.3. The maximum absolute atomic E-state index is 11.9. The Balaban J connectivity index is -0.000000196. The fraction of sp³-hybridized carbons (Fsp3) is 0.956. The van der Waals surface area contributed by atoms with E-state index in [1.165, 1.54) is 244 Å². The molecule has 0 aromatic carbocycles. The van der Waals surface area contributed by atoms with Gasteiger partial charge in [0.1, 0.15) is 17.2 Å². The van der Waals surface area contributed by atoms with Gasteiger partial charge in [-0.15, -0.1) is 0 Å². The molecule has 123 heavy (non-hydrogen) atoms. The summed E-state index contributed by atoms with van der Waals surface area (Å²) in [5, 5.41) is 9.31. The molecule has 8 saturated carbocycles. The van der Waals surface area contributed by atoms with Gasteiger partial charge >= 0.3 is 6.09 Å². The molecule has 3 amide bonds. The van der Waals surface area contributed by atoms with Crippen molar-refractivity contribution in [3.05, 3.63) is 0 Å². The zero-order valence-corrected chi connectivity index (χ0v) is 92.3. The Labute approximate surface area is 777 Å². The fourth-order valence-electron chi connectivity index (χ4n) is 18.2. The molecule has 2 aliphatic heterocycles. The first kappa shape index (κ1) is 136. The highest BCUT2D eigenvalue weighted by Gasteiger charge is 2.33. The van der Waals surface area contributed by atoms with Gasteiger partial charge in [-0.2, -0.15) is 0 Å². The van der Waals surface area contributed by atoms with Gasteiger partial charge in [0.05, 0.1) is 0 Å². The van der Waals surface area contributed by atoms with Crippen LogP contribution in [0.3, 0.4) is 0 Å². The number of rotatable bonds is 10. The van der Waals surface area contributed by atoms with Gasteiger partial charge in [0.25, 0.3) is 0 Å². The van der Waals surface area contributed by atoms with Crippen molar-refractivity contribution in [3.8, 4) is 0 Å². The Kier molecular flexibility index (Phi) is 98.1. The molecular weight excluding hydrogens is 1510 g/mol. The number of nitrogens with one attached hydrogen (secondary N) is 3. The van der Waals surface area contributed by atoms with Crippen LogP contribution < -0.4 is 16.0 Å². The van der Waals surface area contributed by atoms with Crippen LogP contribution in [0.5, 0.6) is 0 Å². The van der Waals surface area contributed by atoms with Gasteiger partial charge in [-0.3, -0.25) is 19.2 Å². The standard InChI is InChI=1S/C14H27NO2.2C10H20.2C9H17NO.C9H19N.2C9H16O.2C9H18.8C2H6/c1-13(2,3)11-7-9-15(10-8-11)12(16)17-14(4,5)6;2*1-3-4-10-7-5-9(2)6-8-10;2*1-7-3-5-9(6-4-7)10-8(2)11;1-9(2,3)8-4-6-10-7-5-8;2*1-7-3-5-9(6-4-7)8(2)10;2*1-3-9-6-4-8(2)5-7-9;8*1-2/h11H,7-10H2,1-6H3;2*9-10H,3-8H2,1-2H3;2*7,9H,3-6H2,1-2H3,(H,10,11);8,10H,4-7H2,1-3H3;2*7,9H,3-6H2,1-2H3;2*8-9H,3-7H2,1-2H3;8*1-2H3. The Morgan fingerprint density at radius 2 is 0.512 bits per heavy atom. The summed E-state index contributed by atoms with van der Waals surface area (Å²) in [6.45, 7) is 90.3. The summed E-state index contributed by atoms with van der Waals surface area (Å²) in [6.07, 6.45) is 56.5. The fourth-order valence-corrected chi connectivity index (χ4v) is 18.2. The molecule has 10 nitrogen and oxygen atoms in total. The summed E-state index contributed by atoms with van der Waals surface area (Å²) in [7, 11) is 0. The molecule has 2 saturated heterocycles. The molecule has 10 heteroatoms. The third-order valence-electron chi connectivity index (χ3n) is 27.1. The lowest BCUT2D eigenvalue weighted by atomic mass is 9.75. The average molecular weight is 1750 g/mol. The number of amides is 3. The van der Waals surface area contributed by atoms with Crippen LogP contribution in [0.15, 0.2) is 0 Å². The van der Waals surface area contributed by atoms with Crippen LogP contribution in [0.4, 0.5) is 4.79 Å². The van der Waals surface area contributed by atoms with Crippen LogP contribution in [0.1, 0.15) is 554 Å². The number of carbonyl (C=O) groups excluding carboxylic acids is 5. The quantitative estimate of drug-likeness (QED) is 0.198. The van der Waals surface area contributed by atoms with E-state index in [-0.39, 0.29) is 17.9 Å². The highest BCUT2D eigenvalue weighted by molar-refractivity contribution is 5.78. The molecule has 10 rings (SSSR count). The largest absolute Gasteiger partial charge is 0.444 e. The number of likely N-dealkylation sites (tertiary alicyclic amines) is 1. The monoisotopic (exact) mass is 1750 g/mol. The van der Waals surface area contributed by atoms with Gasteiger partial charge < -0.3 is 25.6 Å². The van der Waals surface area contributed by atoms with E-state index in [0.29, 0.717) is 52.2 Å². The summed E-state index contributed by atoms with van der Waals surface area (Å²) in [4.78, 5) is 56.9. The van der Waals surface area contributed by atoms with Crippen LogP contribution in [0, 0.1) is 106 Å². The van der Waals surface area contributed by atoms with Crippen molar-refractivity contribution in [1.82, 2.24) is 20.9 Å². The summed E-state index contributed by atoms with van der Waals surface area (Å²) < 4.78 is 5.39. The Bertz CT molecular complexity index is 2080. The first-order valence-corrected chi connectivity index (χ1v) is 54.5. The topological polar surface area (TPSA) is 134 Å². The van der Waals surface area contributed by atoms with Gasteiger partial charge in [0.2, 0.25) is 11.8 Å². The molecule has 10 aliphatic rings. The molecule has 2 heterocycles. The van der Waals surface area contributed by atoms with Gasteiger partial charge in [0.15, 0.2) is 0 Å². The molecule has 8 aliphatic carbocycles. The maximum atomic E-state index is 11.9. The first-order valence-electron chi connectivity index (χ1n) is 54.5. The van der Waals surface area contributed by atoms with Crippen LogP contribution >= 0.6 is 0 Å². The van der Waals surface area contributed by atoms with E-state index in [4.69, 9.17) is 4.74 Å². The summed E-state index contributed by atoms with van der Waals surface area (Å²) >= 11 is 0. The summed E-state index contributed by atoms with van der Waals surface area (Å²) in [5.74, 6) is 15.3. The number of hydrogen-bond donors (Lipinski definition) is 3. The van der Waals surface area contributed by atoms with Crippen molar-refractivity contribution >= 4 is 29.5 Å². The number of nitrogens with zero attached hydrogens (tertiary/aromatic N) is 1. The molecule has 0 radical (unpaired) electrons. The Morgan fingerprint density at radius 3 is 0.699 bits per heavy atom. The van der Waals surface area contributed by atoms with E-state index >= 15 is 0 Å². The number of hydrogen-bond acceptors (Lipinski definition) is 7. The number of piperidine rings is 2. The molecular formula is C113H236N4O6. The summed E-state index contributed by atoms with van der Waals surface area (Å²) in [6, 6.07) is 0.924. The predicted molar refractivity (Wildman–Crippen MR) is 555 cm³/mol. The molecule has 0 aromatic heterocycles.